The lowest BCUT2D eigenvalue weighted by Gasteiger charge is -2.17. The predicted molar refractivity (Wildman–Crippen MR) is 120 cm³/mol. The smallest absolute Gasteiger partial charge is 0.191 e. The van der Waals surface area contributed by atoms with E-state index in [2.05, 4.69) is 26.5 Å². The van der Waals surface area contributed by atoms with Crippen LogP contribution in [0.5, 0.6) is 5.75 Å². The number of rotatable bonds is 9. The third kappa shape index (κ3) is 6.49. The van der Waals surface area contributed by atoms with Gasteiger partial charge < -0.3 is 20.5 Å². The minimum atomic E-state index is -0.661. The van der Waals surface area contributed by atoms with E-state index in [-0.39, 0.29) is 6.10 Å². The monoisotopic (exact) mass is 413 g/mol. The van der Waals surface area contributed by atoms with Gasteiger partial charge in [0.2, 0.25) is 0 Å². The van der Waals surface area contributed by atoms with Crippen molar-refractivity contribution in [1.82, 2.24) is 20.4 Å². The zero-order valence-electron chi connectivity index (χ0n) is 18.3. The van der Waals surface area contributed by atoms with E-state index < -0.39 is 6.10 Å². The van der Waals surface area contributed by atoms with Crippen LogP contribution in [0.4, 0.5) is 0 Å². The van der Waals surface area contributed by atoms with Crippen molar-refractivity contribution in [2.75, 3.05) is 13.1 Å². The minimum absolute atomic E-state index is 0.0974. The molecule has 1 aliphatic carbocycles. The van der Waals surface area contributed by atoms with Crippen molar-refractivity contribution >= 4 is 5.96 Å². The molecule has 1 aliphatic rings. The molecule has 3 N–H and O–H groups in total. The summed E-state index contributed by atoms with van der Waals surface area (Å²) in [6, 6.07) is 10.2. The molecule has 0 saturated heterocycles. The van der Waals surface area contributed by atoms with E-state index in [1.807, 2.05) is 51.1 Å². The Morgan fingerprint density at radius 1 is 1.27 bits per heavy atom. The Labute approximate surface area is 179 Å². The van der Waals surface area contributed by atoms with Gasteiger partial charge in [0, 0.05) is 19.3 Å². The van der Waals surface area contributed by atoms with Crippen LogP contribution in [0, 0.1) is 0 Å². The van der Waals surface area contributed by atoms with Crippen molar-refractivity contribution < 1.29 is 9.84 Å². The molecule has 3 rings (SSSR count). The number of hydrogen-bond acceptors (Lipinski definition) is 4. The summed E-state index contributed by atoms with van der Waals surface area (Å²) in [4.78, 5) is 4.63. The summed E-state index contributed by atoms with van der Waals surface area (Å²) in [6.07, 6.45) is 6.53. The Morgan fingerprint density at radius 3 is 2.80 bits per heavy atom. The van der Waals surface area contributed by atoms with Gasteiger partial charge in [-0.25, -0.2) is 4.99 Å². The molecule has 1 heterocycles. The van der Waals surface area contributed by atoms with E-state index in [1.165, 1.54) is 25.7 Å². The average Bonchev–Trinajstić information content (AvgIpc) is 3.41. The molecular formula is C23H35N5O2. The Morgan fingerprint density at radius 2 is 2.07 bits per heavy atom. The predicted octanol–water partition coefficient (Wildman–Crippen LogP) is 3.57. The summed E-state index contributed by atoms with van der Waals surface area (Å²) >= 11 is 0. The molecule has 164 valence electrons. The van der Waals surface area contributed by atoms with Crippen LogP contribution in [0.15, 0.2) is 41.5 Å². The number of aliphatic imine (C=N–C) groups is 1. The van der Waals surface area contributed by atoms with Crippen molar-refractivity contribution in [1.29, 1.82) is 0 Å². The van der Waals surface area contributed by atoms with E-state index in [9.17, 15) is 5.11 Å². The van der Waals surface area contributed by atoms with Crippen molar-refractivity contribution in [2.24, 2.45) is 4.99 Å². The highest BCUT2D eigenvalue weighted by molar-refractivity contribution is 5.79. The van der Waals surface area contributed by atoms with Gasteiger partial charge in [-0.05, 0) is 57.4 Å². The Kier molecular flexibility index (Phi) is 8.13. The molecule has 0 bridgehead atoms. The Hall–Kier alpha value is -2.54. The summed E-state index contributed by atoms with van der Waals surface area (Å²) in [6.45, 7) is 7.60. The number of hydrogen-bond donors (Lipinski definition) is 3. The molecule has 7 heteroatoms. The summed E-state index contributed by atoms with van der Waals surface area (Å²) in [5.74, 6) is 1.43. The Balaban J connectivity index is 1.56. The molecule has 1 aromatic heterocycles. The second kappa shape index (κ2) is 11.0. The molecule has 0 spiro atoms. The quantitative estimate of drug-likeness (QED) is 0.432. The highest BCUT2D eigenvalue weighted by Crippen LogP contribution is 2.28. The van der Waals surface area contributed by atoms with Crippen molar-refractivity contribution in [3.63, 3.8) is 0 Å². The molecule has 0 amide bonds. The number of aliphatic hydroxyl groups is 1. The van der Waals surface area contributed by atoms with Gasteiger partial charge in [-0.2, -0.15) is 5.10 Å². The van der Waals surface area contributed by atoms with Crippen LogP contribution >= 0.6 is 0 Å². The third-order valence-corrected chi connectivity index (χ3v) is 5.18. The van der Waals surface area contributed by atoms with Crippen LogP contribution < -0.4 is 15.4 Å². The van der Waals surface area contributed by atoms with E-state index in [4.69, 9.17) is 9.84 Å². The van der Waals surface area contributed by atoms with Crippen LogP contribution in [0.25, 0.3) is 0 Å². The van der Waals surface area contributed by atoms with Crippen LogP contribution in [-0.4, -0.2) is 40.0 Å². The number of aliphatic hydroxyl groups excluding tert-OH is 1. The first-order valence-electron chi connectivity index (χ1n) is 11.1. The van der Waals surface area contributed by atoms with Crippen molar-refractivity contribution in [3.05, 3.63) is 47.8 Å². The molecule has 0 radical (unpaired) electrons. The summed E-state index contributed by atoms with van der Waals surface area (Å²) in [7, 11) is 0. The molecule has 2 aromatic rings. The molecule has 1 fully saturated rings. The van der Waals surface area contributed by atoms with E-state index in [0.717, 1.165) is 23.6 Å². The molecule has 1 saturated carbocycles. The van der Waals surface area contributed by atoms with Gasteiger partial charge in [0.1, 0.15) is 5.75 Å². The fourth-order valence-electron chi connectivity index (χ4n) is 3.71. The number of nitrogens with zero attached hydrogens (tertiary/aromatic N) is 3. The largest absolute Gasteiger partial charge is 0.491 e. The van der Waals surface area contributed by atoms with Gasteiger partial charge in [0.15, 0.2) is 5.96 Å². The molecule has 1 atom stereocenters. The summed E-state index contributed by atoms with van der Waals surface area (Å²) in [5, 5.41) is 21.7. The van der Waals surface area contributed by atoms with Gasteiger partial charge in [-0.1, -0.05) is 25.0 Å². The first-order chi connectivity index (χ1) is 14.5. The van der Waals surface area contributed by atoms with Gasteiger partial charge >= 0.3 is 0 Å². The van der Waals surface area contributed by atoms with Gasteiger partial charge in [-0.15, -0.1) is 0 Å². The van der Waals surface area contributed by atoms with Crippen molar-refractivity contribution in [2.45, 2.75) is 71.2 Å². The lowest BCUT2D eigenvalue weighted by atomic mass is 10.1. The fraction of sp³-hybridized carbons (Fsp3) is 0.565. The second-order valence-electron chi connectivity index (χ2n) is 8.06. The highest BCUT2D eigenvalue weighted by atomic mass is 16.5. The topological polar surface area (TPSA) is 83.7 Å². The zero-order chi connectivity index (χ0) is 21.3. The van der Waals surface area contributed by atoms with E-state index in [0.29, 0.717) is 25.1 Å². The molecule has 7 nitrogen and oxygen atoms in total. The minimum Gasteiger partial charge on any atom is -0.491 e. The average molecular weight is 414 g/mol. The molecule has 30 heavy (non-hydrogen) atoms. The molecule has 1 unspecified atom stereocenters. The molecule has 1 aromatic carbocycles. The summed E-state index contributed by atoms with van der Waals surface area (Å²) < 4.78 is 7.81. The first kappa shape index (κ1) is 22.2. The zero-order valence-corrected chi connectivity index (χ0v) is 18.3. The normalized spacial score (nSPS) is 16.1. The SMILES string of the molecule is CCNC(=NCc1ccn(C2CCCC2)n1)NCC(O)c1cccc(OC(C)C)c1. The van der Waals surface area contributed by atoms with Gasteiger partial charge in [0.25, 0.3) is 0 Å². The van der Waals surface area contributed by atoms with Gasteiger partial charge in [-0.3, -0.25) is 4.68 Å². The lowest BCUT2D eigenvalue weighted by Crippen LogP contribution is -2.39. The Bertz CT molecular complexity index is 811. The standard InChI is InChI=1S/C23H35N5O2/c1-4-24-23(25-15-19-12-13-28(27-19)20-9-5-6-10-20)26-16-22(29)18-8-7-11-21(14-18)30-17(2)3/h7-8,11-14,17,20,22,29H,4-6,9-10,15-16H2,1-3H3,(H2,24,25,26). The van der Waals surface area contributed by atoms with Crippen LogP contribution in [0.2, 0.25) is 0 Å². The number of benzene rings is 1. The number of guanidine groups is 1. The van der Waals surface area contributed by atoms with Gasteiger partial charge in [0.05, 0.1) is 30.5 Å². The maximum absolute atomic E-state index is 10.6. The van der Waals surface area contributed by atoms with E-state index >= 15 is 0 Å². The van der Waals surface area contributed by atoms with Crippen LogP contribution in [0.3, 0.4) is 0 Å². The highest BCUT2D eigenvalue weighted by Gasteiger charge is 2.17. The van der Waals surface area contributed by atoms with Crippen molar-refractivity contribution in [3.8, 4) is 5.75 Å². The number of ether oxygens (including phenoxy) is 1. The molecule has 0 aliphatic heterocycles. The van der Waals surface area contributed by atoms with Crippen LogP contribution in [-0.2, 0) is 6.54 Å². The van der Waals surface area contributed by atoms with E-state index in [1.54, 1.807) is 0 Å². The number of aromatic nitrogens is 2. The lowest BCUT2D eigenvalue weighted by molar-refractivity contribution is 0.179. The third-order valence-electron chi connectivity index (χ3n) is 5.18. The molecular weight excluding hydrogens is 378 g/mol. The first-order valence-corrected chi connectivity index (χ1v) is 11.1. The maximum atomic E-state index is 10.6. The van der Waals surface area contributed by atoms with Crippen LogP contribution in [0.1, 0.15) is 69.9 Å². The maximum Gasteiger partial charge on any atom is 0.191 e. The second-order valence-corrected chi connectivity index (χ2v) is 8.06. The summed E-state index contributed by atoms with van der Waals surface area (Å²) in [5.41, 5.74) is 1.77. The fourth-order valence-corrected chi connectivity index (χ4v) is 3.71. The number of nitrogens with one attached hydrogen (secondary N) is 2.